The van der Waals surface area contributed by atoms with Gasteiger partial charge in [-0.15, -0.1) is 0 Å². The van der Waals surface area contributed by atoms with Crippen molar-refractivity contribution in [2.45, 2.75) is 13.5 Å². The second-order valence-corrected chi connectivity index (χ2v) is 4.91. The Hall–Kier alpha value is -1.39. The first kappa shape index (κ1) is 11.7. The average Bonchev–Trinajstić information content (AvgIpc) is 2.82. The summed E-state index contributed by atoms with van der Waals surface area (Å²) in [7, 11) is 0. The predicted octanol–water partition coefficient (Wildman–Crippen LogP) is 1.47. The molecule has 96 valence electrons. The molecule has 0 saturated carbocycles. The van der Waals surface area contributed by atoms with Gasteiger partial charge in [0.25, 0.3) is 0 Å². The van der Waals surface area contributed by atoms with Crippen LogP contribution in [0.5, 0.6) is 0 Å². The van der Waals surface area contributed by atoms with E-state index in [1.165, 1.54) is 25.3 Å². The molecule has 0 aromatic carbocycles. The molecule has 0 atom stereocenters. The largest absolute Gasteiger partial charge is 0.307 e. The molecule has 4 nitrogen and oxygen atoms in total. The summed E-state index contributed by atoms with van der Waals surface area (Å²) in [5.74, 6) is 0. The molecule has 2 aromatic heterocycles. The van der Waals surface area contributed by atoms with E-state index in [4.69, 9.17) is 0 Å². The first-order chi connectivity index (χ1) is 8.85. The Kier molecular flexibility index (Phi) is 3.30. The van der Waals surface area contributed by atoms with Crippen molar-refractivity contribution >= 4 is 5.65 Å². The molecular formula is C14H20N4. The van der Waals surface area contributed by atoms with Gasteiger partial charge in [-0.3, -0.25) is 4.90 Å². The maximum absolute atomic E-state index is 4.65. The number of aromatic nitrogens is 2. The Balaban J connectivity index is 1.66. The van der Waals surface area contributed by atoms with Crippen LogP contribution in [0.2, 0.25) is 0 Å². The second kappa shape index (κ2) is 5.08. The van der Waals surface area contributed by atoms with Crippen LogP contribution in [0.4, 0.5) is 0 Å². The Labute approximate surface area is 108 Å². The molecule has 3 heterocycles. The summed E-state index contributed by atoms with van der Waals surface area (Å²) >= 11 is 0. The first-order valence-electron chi connectivity index (χ1n) is 6.72. The lowest BCUT2D eigenvalue weighted by Crippen LogP contribution is -2.45. The van der Waals surface area contributed by atoms with Gasteiger partial charge in [-0.25, -0.2) is 4.98 Å². The summed E-state index contributed by atoms with van der Waals surface area (Å²) in [6.45, 7) is 9.05. The third-order valence-electron chi connectivity index (χ3n) is 3.71. The van der Waals surface area contributed by atoms with Gasteiger partial charge in [0, 0.05) is 45.1 Å². The molecule has 1 fully saturated rings. The van der Waals surface area contributed by atoms with Crippen molar-refractivity contribution in [1.29, 1.82) is 0 Å². The molecule has 1 saturated heterocycles. The molecule has 0 aliphatic carbocycles. The highest BCUT2D eigenvalue weighted by molar-refractivity contribution is 5.39. The average molecular weight is 244 g/mol. The van der Waals surface area contributed by atoms with Gasteiger partial charge in [0.1, 0.15) is 5.65 Å². The molecule has 0 unspecified atom stereocenters. The van der Waals surface area contributed by atoms with Gasteiger partial charge >= 0.3 is 0 Å². The fourth-order valence-corrected chi connectivity index (χ4v) is 2.56. The highest BCUT2D eigenvalue weighted by Gasteiger charge is 2.16. The van der Waals surface area contributed by atoms with E-state index in [-0.39, 0.29) is 0 Å². The molecule has 18 heavy (non-hydrogen) atoms. The minimum atomic E-state index is 0.971. The van der Waals surface area contributed by atoms with Gasteiger partial charge in [-0.2, -0.15) is 0 Å². The van der Waals surface area contributed by atoms with Gasteiger partial charge in [-0.1, -0.05) is 13.0 Å². The van der Waals surface area contributed by atoms with E-state index in [2.05, 4.69) is 44.6 Å². The highest BCUT2D eigenvalue weighted by atomic mass is 15.3. The number of likely N-dealkylation sites (N-methyl/N-ethyl adjacent to an activating group) is 1. The molecule has 2 aromatic rings. The topological polar surface area (TPSA) is 23.8 Å². The van der Waals surface area contributed by atoms with Crippen LogP contribution in [0.15, 0.2) is 30.6 Å². The lowest BCUT2D eigenvalue weighted by molar-refractivity contribution is 0.131. The van der Waals surface area contributed by atoms with Crippen LogP contribution in [-0.2, 0) is 6.54 Å². The molecule has 0 bridgehead atoms. The van der Waals surface area contributed by atoms with E-state index in [0.29, 0.717) is 0 Å². The Morgan fingerprint density at radius 1 is 1.11 bits per heavy atom. The molecule has 0 radical (unpaired) electrons. The third-order valence-corrected chi connectivity index (χ3v) is 3.71. The number of nitrogens with zero attached hydrogens (tertiary/aromatic N) is 4. The van der Waals surface area contributed by atoms with Gasteiger partial charge in [0.2, 0.25) is 0 Å². The van der Waals surface area contributed by atoms with Gasteiger partial charge in [0.15, 0.2) is 0 Å². The molecule has 4 heteroatoms. The van der Waals surface area contributed by atoms with E-state index in [9.17, 15) is 0 Å². The molecule has 1 aliphatic heterocycles. The standard InChI is InChI=1S/C14H20N4/c1-2-16-7-9-17(10-8-16)11-13-12-18-6-4-3-5-14(18)15-13/h3-6,12H,2,7-11H2,1H3. The van der Waals surface area contributed by atoms with Crippen molar-refractivity contribution in [3.8, 4) is 0 Å². The van der Waals surface area contributed by atoms with Crippen molar-refractivity contribution in [3.05, 3.63) is 36.3 Å². The van der Waals surface area contributed by atoms with Crippen LogP contribution < -0.4 is 0 Å². The van der Waals surface area contributed by atoms with E-state index in [1.807, 2.05) is 12.1 Å². The summed E-state index contributed by atoms with van der Waals surface area (Å²) in [5.41, 5.74) is 2.21. The quantitative estimate of drug-likeness (QED) is 0.817. The Morgan fingerprint density at radius 2 is 1.89 bits per heavy atom. The number of rotatable bonds is 3. The van der Waals surface area contributed by atoms with Crippen LogP contribution >= 0.6 is 0 Å². The van der Waals surface area contributed by atoms with Crippen molar-refractivity contribution < 1.29 is 0 Å². The van der Waals surface area contributed by atoms with E-state index >= 15 is 0 Å². The maximum atomic E-state index is 4.65. The number of hydrogen-bond donors (Lipinski definition) is 0. The van der Waals surface area contributed by atoms with Crippen LogP contribution in [0.3, 0.4) is 0 Å². The normalized spacial score (nSPS) is 18.5. The van der Waals surface area contributed by atoms with Crippen molar-refractivity contribution in [2.24, 2.45) is 0 Å². The SMILES string of the molecule is CCN1CCN(Cc2cn3ccccc3n2)CC1. The predicted molar refractivity (Wildman–Crippen MR) is 72.6 cm³/mol. The molecule has 0 spiro atoms. The Bertz CT molecular complexity index is 478. The van der Waals surface area contributed by atoms with Crippen LogP contribution in [0.25, 0.3) is 5.65 Å². The Morgan fingerprint density at radius 3 is 2.61 bits per heavy atom. The van der Waals surface area contributed by atoms with E-state index in [1.54, 1.807) is 0 Å². The maximum Gasteiger partial charge on any atom is 0.137 e. The summed E-state index contributed by atoms with van der Waals surface area (Å²) in [6.07, 6.45) is 4.20. The molecule has 0 amide bonds. The molecule has 0 N–H and O–H groups in total. The molecule has 3 rings (SSSR count). The second-order valence-electron chi connectivity index (χ2n) is 4.91. The van der Waals surface area contributed by atoms with Crippen LogP contribution in [-0.4, -0.2) is 51.9 Å². The van der Waals surface area contributed by atoms with Crippen molar-refractivity contribution in [3.63, 3.8) is 0 Å². The summed E-state index contributed by atoms with van der Waals surface area (Å²) in [6, 6.07) is 6.13. The molecular weight excluding hydrogens is 224 g/mol. The number of imidazole rings is 1. The van der Waals surface area contributed by atoms with E-state index < -0.39 is 0 Å². The van der Waals surface area contributed by atoms with Crippen LogP contribution in [0, 0.1) is 0 Å². The van der Waals surface area contributed by atoms with Crippen molar-refractivity contribution in [2.75, 3.05) is 32.7 Å². The zero-order valence-corrected chi connectivity index (χ0v) is 10.9. The zero-order valence-electron chi connectivity index (χ0n) is 10.9. The monoisotopic (exact) mass is 244 g/mol. The number of hydrogen-bond acceptors (Lipinski definition) is 3. The highest BCUT2D eigenvalue weighted by Crippen LogP contribution is 2.09. The third kappa shape index (κ3) is 2.40. The smallest absolute Gasteiger partial charge is 0.137 e. The lowest BCUT2D eigenvalue weighted by Gasteiger charge is -2.33. The van der Waals surface area contributed by atoms with Crippen molar-refractivity contribution in [1.82, 2.24) is 19.2 Å². The summed E-state index contributed by atoms with van der Waals surface area (Å²) in [5, 5.41) is 0. The lowest BCUT2D eigenvalue weighted by atomic mass is 10.3. The minimum absolute atomic E-state index is 0.971. The van der Waals surface area contributed by atoms with Gasteiger partial charge < -0.3 is 9.30 Å². The molecule has 1 aliphatic rings. The van der Waals surface area contributed by atoms with E-state index in [0.717, 1.165) is 25.3 Å². The fraction of sp³-hybridized carbons (Fsp3) is 0.500. The first-order valence-corrected chi connectivity index (χ1v) is 6.72. The zero-order chi connectivity index (χ0) is 12.4. The summed E-state index contributed by atoms with van der Waals surface area (Å²) < 4.78 is 2.09. The van der Waals surface area contributed by atoms with Gasteiger partial charge in [-0.05, 0) is 18.7 Å². The van der Waals surface area contributed by atoms with Gasteiger partial charge in [0.05, 0.1) is 5.69 Å². The summed E-state index contributed by atoms with van der Waals surface area (Å²) in [4.78, 5) is 9.65. The number of pyridine rings is 1. The fourth-order valence-electron chi connectivity index (χ4n) is 2.56. The minimum Gasteiger partial charge on any atom is -0.307 e. The van der Waals surface area contributed by atoms with Crippen LogP contribution in [0.1, 0.15) is 12.6 Å². The number of piperazine rings is 1. The number of fused-ring (bicyclic) bond motifs is 1.